The van der Waals surface area contributed by atoms with Crippen molar-refractivity contribution in [2.24, 2.45) is 5.73 Å². The summed E-state index contributed by atoms with van der Waals surface area (Å²) in [5, 5.41) is 0. The molecule has 1 aliphatic heterocycles. The molecular formula is C13H23N3O2. The van der Waals surface area contributed by atoms with Crippen molar-refractivity contribution in [3.05, 3.63) is 0 Å². The van der Waals surface area contributed by atoms with Gasteiger partial charge in [0.05, 0.1) is 6.04 Å². The van der Waals surface area contributed by atoms with Crippen LogP contribution in [0.2, 0.25) is 0 Å². The summed E-state index contributed by atoms with van der Waals surface area (Å²) in [5.74, 6) is 0.136. The third-order valence-corrected chi connectivity index (χ3v) is 3.79. The molecule has 0 bridgehead atoms. The average molecular weight is 253 g/mol. The fourth-order valence-corrected chi connectivity index (χ4v) is 2.84. The van der Waals surface area contributed by atoms with Gasteiger partial charge in [-0.1, -0.05) is 0 Å². The molecular weight excluding hydrogens is 230 g/mol. The molecule has 2 fully saturated rings. The van der Waals surface area contributed by atoms with Gasteiger partial charge in [0.25, 0.3) is 0 Å². The van der Waals surface area contributed by atoms with Crippen molar-refractivity contribution in [3.8, 4) is 0 Å². The van der Waals surface area contributed by atoms with Gasteiger partial charge in [0.1, 0.15) is 0 Å². The van der Waals surface area contributed by atoms with Crippen LogP contribution in [-0.2, 0) is 9.59 Å². The van der Waals surface area contributed by atoms with Gasteiger partial charge in [-0.25, -0.2) is 0 Å². The predicted octanol–water partition coefficient (Wildman–Crippen LogP) is 0.336. The van der Waals surface area contributed by atoms with Crippen LogP contribution < -0.4 is 5.73 Å². The van der Waals surface area contributed by atoms with Crippen molar-refractivity contribution >= 4 is 11.8 Å². The topological polar surface area (TPSA) is 66.6 Å². The summed E-state index contributed by atoms with van der Waals surface area (Å²) >= 11 is 0. The highest BCUT2D eigenvalue weighted by atomic mass is 16.2. The van der Waals surface area contributed by atoms with E-state index in [0.717, 1.165) is 32.2 Å². The van der Waals surface area contributed by atoms with Crippen LogP contribution in [0, 0.1) is 0 Å². The van der Waals surface area contributed by atoms with Gasteiger partial charge in [-0.05, 0) is 32.6 Å². The number of nitrogens with zero attached hydrogens (tertiary/aromatic N) is 2. The maximum Gasteiger partial charge on any atom is 0.239 e. The summed E-state index contributed by atoms with van der Waals surface area (Å²) in [5.41, 5.74) is 5.65. The first-order valence-corrected chi connectivity index (χ1v) is 6.84. The number of carbonyl (C=O) groups excluding carboxylic acids is 2. The first kappa shape index (κ1) is 13.3. The van der Waals surface area contributed by atoms with E-state index in [4.69, 9.17) is 5.73 Å². The van der Waals surface area contributed by atoms with Gasteiger partial charge < -0.3 is 15.5 Å². The number of hydrogen-bond acceptors (Lipinski definition) is 3. The van der Waals surface area contributed by atoms with Crippen LogP contribution in [0.1, 0.15) is 39.5 Å². The molecule has 2 unspecified atom stereocenters. The van der Waals surface area contributed by atoms with Crippen molar-refractivity contribution in [1.29, 1.82) is 0 Å². The lowest BCUT2D eigenvalue weighted by molar-refractivity contribution is -0.139. The second kappa shape index (κ2) is 5.26. The highest BCUT2D eigenvalue weighted by Gasteiger charge is 2.38. The molecule has 0 radical (unpaired) electrons. The Hall–Kier alpha value is -1.10. The van der Waals surface area contributed by atoms with Crippen LogP contribution in [0.3, 0.4) is 0 Å². The minimum absolute atomic E-state index is 0.000927. The summed E-state index contributed by atoms with van der Waals surface area (Å²) in [6, 6.07) is 0.153. The molecule has 0 spiro atoms. The van der Waals surface area contributed by atoms with E-state index in [-0.39, 0.29) is 17.9 Å². The van der Waals surface area contributed by atoms with E-state index < -0.39 is 6.04 Å². The lowest BCUT2D eigenvalue weighted by Crippen LogP contribution is -2.54. The zero-order valence-corrected chi connectivity index (χ0v) is 11.3. The van der Waals surface area contributed by atoms with Gasteiger partial charge in [-0.3, -0.25) is 9.59 Å². The summed E-state index contributed by atoms with van der Waals surface area (Å²) in [6.07, 6.45) is 4.17. The van der Waals surface area contributed by atoms with Crippen molar-refractivity contribution in [3.63, 3.8) is 0 Å². The minimum Gasteiger partial charge on any atom is -0.339 e. The van der Waals surface area contributed by atoms with Crippen LogP contribution >= 0.6 is 0 Å². The Bertz CT molecular complexity index is 339. The number of amides is 2. The molecule has 5 heteroatoms. The average Bonchev–Trinajstić information content (AvgIpc) is 3.12. The Morgan fingerprint density at radius 1 is 1.28 bits per heavy atom. The SMILES string of the molecule is CC(=O)N(C1CC1)C1CCCN(C(=O)C(C)N)C1. The monoisotopic (exact) mass is 253 g/mol. The number of likely N-dealkylation sites (tertiary alicyclic amines) is 1. The van der Waals surface area contributed by atoms with Crippen molar-refractivity contribution < 1.29 is 9.59 Å². The van der Waals surface area contributed by atoms with E-state index in [1.807, 2.05) is 9.80 Å². The normalized spacial score (nSPS) is 25.7. The van der Waals surface area contributed by atoms with Gasteiger partial charge in [0.2, 0.25) is 11.8 Å². The molecule has 0 aromatic rings. The van der Waals surface area contributed by atoms with Crippen LogP contribution in [0.4, 0.5) is 0 Å². The van der Waals surface area contributed by atoms with Gasteiger partial charge in [-0.2, -0.15) is 0 Å². The second-order valence-corrected chi connectivity index (χ2v) is 5.53. The molecule has 1 aliphatic carbocycles. The summed E-state index contributed by atoms with van der Waals surface area (Å²) in [7, 11) is 0. The summed E-state index contributed by atoms with van der Waals surface area (Å²) in [6.45, 7) is 4.77. The van der Waals surface area contributed by atoms with E-state index in [1.165, 1.54) is 0 Å². The van der Waals surface area contributed by atoms with Gasteiger partial charge in [-0.15, -0.1) is 0 Å². The zero-order valence-electron chi connectivity index (χ0n) is 11.3. The van der Waals surface area contributed by atoms with Crippen LogP contribution in [0.15, 0.2) is 0 Å². The molecule has 2 N–H and O–H groups in total. The van der Waals surface area contributed by atoms with E-state index in [9.17, 15) is 9.59 Å². The zero-order chi connectivity index (χ0) is 13.3. The van der Waals surface area contributed by atoms with Crippen LogP contribution in [0.5, 0.6) is 0 Å². The van der Waals surface area contributed by atoms with E-state index >= 15 is 0 Å². The Labute approximate surface area is 108 Å². The second-order valence-electron chi connectivity index (χ2n) is 5.53. The fraction of sp³-hybridized carbons (Fsp3) is 0.846. The number of carbonyl (C=O) groups is 2. The Morgan fingerprint density at radius 2 is 1.94 bits per heavy atom. The molecule has 2 rings (SSSR count). The predicted molar refractivity (Wildman–Crippen MR) is 68.8 cm³/mol. The van der Waals surface area contributed by atoms with Gasteiger partial charge >= 0.3 is 0 Å². The first-order valence-electron chi connectivity index (χ1n) is 6.84. The maximum atomic E-state index is 11.9. The molecule has 0 aromatic heterocycles. The molecule has 102 valence electrons. The molecule has 2 amide bonds. The Kier molecular flexibility index (Phi) is 3.90. The molecule has 2 aliphatic rings. The van der Waals surface area contributed by atoms with Gasteiger partial charge in [0, 0.05) is 32.1 Å². The molecule has 2 atom stereocenters. The Balaban J connectivity index is 2.01. The lowest BCUT2D eigenvalue weighted by atomic mass is 10.0. The molecule has 1 saturated carbocycles. The quantitative estimate of drug-likeness (QED) is 0.788. The largest absolute Gasteiger partial charge is 0.339 e. The molecule has 1 saturated heterocycles. The summed E-state index contributed by atoms with van der Waals surface area (Å²) in [4.78, 5) is 27.5. The van der Waals surface area contributed by atoms with Crippen molar-refractivity contribution in [1.82, 2.24) is 9.80 Å². The van der Waals surface area contributed by atoms with Crippen LogP contribution in [-0.4, -0.2) is 52.8 Å². The maximum absolute atomic E-state index is 11.9. The van der Waals surface area contributed by atoms with E-state index in [2.05, 4.69) is 0 Å². The standard InChI is InChI=1S/C13H23N3O2/c1-9(14)13(18)15-7-3-4-12(8-15)16(10(2)17)11-5-6-11/h9,11-12H,3-8,14H2,1-2H3. The highest BCUT2D eigenvalue weighted by Crippen LogP contribution is 2.31. The molecule has 18 heavy (non-hydrogen) atoms. The number of piperidine rings is 1. The van der Waals surface area contributed by atoms with Crippen molar-refractivity contribution in [2.75, 3.05) is 13.1 Å². The van der Waals surface area contributed by atoms with E-state index in [0.29, 0.717) is 12.6 Å². The number of nitrogens with two attached hydrogens (primary N) is 1. The van der Waals surface area contributed by atoms with Crippen molar-refractivity contribution in [2.45, 2.75) is 57.7 Å². The van der Waals surface area contributed by atoms with Gasteiger partial charge in [0.15, 0.2) is 0 Å². The van der Waals surface area contributed by atoms with Crippen LogP contribution in [0.25, 0.3) is 0 Å². The molecule has 0 aromatic carbocycles. The lowest BCUT2D eigenvalue weighted by Gasteiger charge is -2.39. The van der Waals surface area contributed by atoms with E-state index in [1.54, 1.807) is 13.8 Å². The Morgan fingerprint density at radius 3 is 2.44 bits per heavy atom. The minimum atomic E-state index is -0.449. The number of hydrogen-bond donors (Lipinski definition) is 1. The smallest absolute Gasteiger partial charge is 0.239 e. The third kappa shape index (κ3) is 2.83. The first-order chi connectivity index (χ1) is 8.50. The summed E-state index contributed by atoms with van der Waals surface area (Å²) < 4.78 is 0. The highest BCUT2D eigenvalue weighted by molar-refractivity contribution is 5.81. The molecule has 1 heterocycles. The molecule has 5 nitrogen and oxygen atoms in total. The fourth-order valence-electron chi connectivity index (χ4n) is 2.84. The third-order valence-electron chi connectivity index (χ3n) is 3.79. The number of rotatable bonds is 3.